The topological polar surface area (TPSA) is 109 Å². The number of aromatic hydroxyl groups is 1. The Morgan fingerprint density at radius 2 is 1.78 bits per heavy atom. The molecule has 1 aromatic heterocycles. The Balaban J connectivity index is 1.37. The van der Waals surface area contributed by atoms with Gasteiger partial charge >= 0.3 is 0 Å². The first kappa shape index (κ1) is 28.5. The normalized spacial score (nSPS) is 14.9. The molecule has 2 N–H and O–H groups in total. The molecule has 0 aliphatic carbocycles. The number of nitrogens with one attached hydrogen (secondary N) is 1. The molecule has 41 heavy (non-hydrogen) atoms. The molecule has 2 heterocycles. The van der Waals surface area contributed by atoms with Gasteiger partial charge in [0.05, 0.1) is 10.4 Å². The summed E-state index contributed by atoms with van der Waals surface area (Å²) in [6, 6.07) is 21.4. The Bertz CT molecular complexity index is 1690. The number of sulfonamides is 1. The molecule has 4 aromatic rings. The molecule has 0 bridgehead atoms. The van der Waals surface area contributed by atoms with E-state index in [0.29, 0.717) is 47.9 Å². The summed E-state index contributed by atoms with van der Waals surface area (Å²) >= 11 is 5.37. The van der Waals surface area contributed by atoms with Gasteiger partial charge in [-0.1, -0.05) is 31.2 Å². The first-order valence-electron chi connectivity index (χ1n) is 13.3. The quantitative estimate of drug-likeness (QED) is 0.128. The number of para-hydroxylation sites is 1. The van der Waals surface area contributed by atoms with Gasteiger partial charge in [0.15, 0.2) is 5.69 Å². The van der Waals surface area contributed by atoms with E-state index in [1.165, 1.54) is 10.4 Å². The summed E-state index contributed by atoms with van der Waals surface area (Å²) in [5, 5.41) is 22.8. The van der Waals surface area contributed by atoms with Crippen molar-refractivity contribution in [2.24, 2.45) is 16.1 Å². The number of piperidine rings is 1. The molecular weight excluding hydrogens is 558 g/mol. The molecule has 0 atom stereocenters. The average Bonchev–Trinajstić information content (AvgIpc) is 3.23. The molecule has 0 amide bonds. The molecule has 1 aliphatic rings. The lowest BCUT2D eigenvalue weighted by molar-refractivity contribution is 0.288. The minimum Gasteiger partial charge on any atom is -0.493 e. The van der Waals surface area contributed by atoms with E-state index in [0.717, 1.165) is 18.6 Å². The zero-order valence-electron chi connectivity index (χ0n) is 22.6. The molecule has 3 aromatic carbocycles. The van der Waals surface area contributed by atoms with E-state index in [9.17, 15) is 13.5 Å². The highest BCUT2D eigenvalue weighted by atomic mass is 32.2. The van der Waals surface area contributed by atoms with E-state index in [1.54, 1.807) is 47.0 Å². The number of nitrogens with zero attached hydrogens (tertiary/aromatic N) is 4. The highest BCUT2D eigenvalue weighted by Gasteiger charge is 2.29. The van der Waals surface area contributed by atoms with Crippen LogP contribution in [0.3, 0.4) is 0 Å². The second kappa shape index (κ2) is 12.2. The van der Waals surface area contributed by atoms with Crippen LogP contribution >= 0.6 is 12.2 Å². The van der Waals surface area contributed by atoms with Gasteiger partial charge in [0.2, 0.25) is 21.0 Å². The Kier molecular flexibility index (Phi) is 8.48. The molecule has 0 saturated carbocycles. The summed E-state index contributed by atoms with van der Waals surface area (Å²) < 4.78 is 35.7. The molecule has 9 nitrogen and oxygen atoms in total. The maximum absolute atomic E-state index is 13.4. The highest BCUT2D eigenvalue weighted by molar-refractivity contribution is 7.89. The van der Waals surface area contributed by atoms with Gasteiger partial charge in [-0.3, -0.25) is 0 Å². The van der Waals surface area contributed by atoms with Crippen molar-refractivity contribution in [2.75, 3.05) is 18.4 Å². The number of ether oxygens (including phenoxy) is 1. The number of fused-ring (bicyclic) bond motifs is 1. The van der Waals surface area contributed by atoms with Crippen LogP contribution in [0.15, 0.2) is 101 Å². The monoisotopic (exact) mass is 589 g/mol. The first-order chi connectivity index (χ1) is 19.8. The minimum atomic E-state index is -3.70. The van der Waals surface area contributed by atoms with Crippen LogP contribution in [0, 0.1) is 5.92 Å². The number of rotatable bonds is 8. The van der Waals surface area contributed by atoms with Crippen LogP contribution in [0.4, 0.5) is 11.4 Å². The predicted octanol–water partition coefficient (Wildman–Crippen LogP) is 7.23. The fraction of sp³-hybridized carbons (Fsp3) is 0.233. The van der Waals surface area contributed by atoms with Gasteiger partial charge in [0.25, 0.3) is 0 Å². The summed E-state index contributed by atoms with van der Waals surface area (Å²) in [5.74, 6) is 1.74. The van der Waals surface area contributed by atoms with Crippen LogP contribution in [0.2, 0.25) is 0 Å². The number of allylic oxidation sites excluding steroid dienone is 1. The standard InChI is InChI=1S/C30H31N5O4S2/c1-3-17-35-27-14-13-25(41(37,38)34-18-15-21(2)16-19-34)20-26(27)28(29(35)36)32-33-30(40)31-22-9-11-24(12-10-22)39-23-7-5-4-6-8-23/h3-14,20-21,36H,1,15-19H2,2H3,(H,31,40). The van der Waals surface area contributed by atoms with Crippen LogP contribution in [0.25, 0.3) is 10.9 Å². The van der Waals surface area contributed by atoms with Crippen molar-refractivity contribution in [2.45, 2.75) is 31.2 Å². The van der Waals surface area contributed by atoms with E-state index < -0.39 is 10.0 Å². The molecule has 0 unspecified atom stereocenters. The molecule has 1 saturated heterocycles. The van der Waals surface area contributed by atoms with Crippen molar-refractivity contribution >= 4 is 49.6 Å². The molecule has 0 spiro atoms. The zero-order chi connectivity index (χ0) is 29.0. The average molecular weight is 590 g/mol. The molecule has 5 rings (SSSR count). The number of hydrogen-bond donors (Lipinski definition) is 2. The molecule has 11 heteroatoms. The van der Waals surface area contributed by atoms with Crippen molar-refractivity contribution in [1.29, 1.82) is 0 Å². The molecule has 1 fully saturated rings. The van der Waals surface area contributed by atoms with E-state index in [4.69, 9.17) is 17.0 Å². The Morgan fingerprint density at radius 1 is 1.10 bits per heavy atom. The fourth-order valence-corrected chi connectivity index (χ4v) is 6.38. The summed E-state index contributed by atoms with van der Waals surface area (Å²) in [7, 11) is -3.70. The van der Waals surface area contributed by atoms with Crippen LogP contribution in [-0.2, 0) is 16.6 Å². The minimum absolute atomic E-state index is 0.0666. The third-order valence-corrected chi connectivity index (χ3v) is 9.08. The number of benzene rings is 3. The Hall–Kier alpha value is -4.06. The van der Waals surface area contributed by atoms with E-state index in [-0.39, 0.29) is 21.6 Å². The van der Waals surface area contributed by atoms with Crippen LogP contribution in [-0.4, -0.2) is 40.6 Å². The molecular formula is C30H31N5O4S2. The number of hydrogen-bond acceptors (Lipinski definition) is 6. The van der Waals surface area contributed by atoms with Gasteiger partial charge in [-0.25, -0.2) is 8.42 Å². The van der Waals surface area contributed by atoms with Gasteiger partial charge in [0.1, 0.15) is 11.5 Å². The number of azo groups is 1. The summed E-state index contributed by atoms with van der Waals surface area (Å²) in [4.78, 5) is 0.144. The Morgan fingerprint density at radius 3 is 2.46 bits per heavy atom. The van der Waals surface area contributed by atoms with Gasteiger partial charge in [0, 0.05) is 30.7 Å². The van der Waals surface area contributed by atoms with Gasteiger partial charge in [-0.2, -0.15) is 4.31 Å². The highest BCUT2D eigenvalue weighted by Crippen LogP contribution is 2.40. The third-order valence-electron chi connectivity index (χ3n) is 7.00. The maximum atomic E-state index is 13.4. The smallest absolute Gasteiger partial charge is 0.243 e. The predicted molar refractivity (Wildman–Crippen MR) is 165 cm³/mol. The van der Waals surface area contributed by atoms with Crippen LogP contribution in [0.5, 0.6) is 17.4 Å². The van der Waals surface area contributed by atoms with Gasteiger partial charge < -0.3 is 19.7 Å². The van der Waals surface area contributed by atoms with Gasteiger partial charge in [-0.05, 0) is 85.6 Å². The van der Waals surface area contributed by atoms with Gasteiger partial charge in [-0.15, -0.1) is 16.8 Å². The fourth-order valence-electron chi connectivity index (χ4n) is 4.72. The SMILES string of the molecule is C=CCn1c(O)c(N=NC(=S)Nc2ccc(Oc3ccccc3)cc2)c2cc(S(=O)(=O)N3CCC(C)CC3)ccc21. The molecule has 1 aliphatic heterocycles. The van der Waals surface area contributed by atoms with Crippen LogP contribution < -0.4 is 10.1 Å². The lowest BCUT2D eigenvalue weighted by atomic mass is 10.0. The van der Waals surface area contributed by atoms with Crippen molar-refractivity contribution in [1.82, 2.24) is 8.87 Å². The van der Waals surface area contributed by atoms with Crippen molar-refractivity contribution in [3.8, 4) is 17.4 Å². The summed E-state index contributed by atoms with van der Waals surface area (Å²) in [5.41, 5.74) is 1.41. The lowest BCUT2D eigenvalue weighted by Crippen LogP contribution is -2.37. The third kappa shape index (κ3) is 6.32. The van der Waals surface area contributed by atoms with E-state index in [2.05, 4.69) is 29.0 Å². The number of aromatic nitrogens is 1. The van der Waals surface area contributed by atoms with Crippen molar-refractivity contribution in [3.05, 3.63) is 85.5 Å². The summed E-state index contributed by atoms with van der Waals surface area (Å²) in [6.07, 6.45) is 3.28. The van der Waals surface area contributed by atoms with E-state index >= 15 is 0 Å². The lowest BCUT2D eigenvalue weighted by Gasteiger charge is -2.29. The maximum Gasteiger partial charge on any atom is 0.243 e. The molecule has 0 radical (unpaired) electrons. The Labute approximate surface area is 244 Å². The first-order valence-corrected chi connectivity index (χ1v) is 15.1. The van der Waals surface area contributed by atoms with E-state index in [1.807, 2.05) is 30.3 Å². The zero-order valence-corrected chi connectivity index (χ0v) is 24.2. The number of thiocarbonyl (C=S) groups is 1. The second-order valence-corrected chi connectivity index (χ2v) is 12.2. The van der Waals surface area contributed by atoms with Crippen molar-refractivity contribution in [3.63, 3.8) is 0 Å². The molecule has 212 valence electrons. The van der Waals surface area contributed by atoms with Crippen molar-refractivity contribution < 1.29 is 18.3 Å². The summed E-state index contributed by atoms with van der Waals surface area (Å²) in [6.45, 7) is 7.16. The van der Waals surface area contributed by atoms with Crippen LogP contribution in [0.1, 0.15) is 19.8 Å². The number of anilines is 1. The largest absolute Gasteiger partial charge is 0.493 e. The second-order valence-electron chi connectivity index (χ2n) is 9.91.